The molecule has 2 aromatic carbocycles. The van der Waals surface area contributed by atoms with E-state index in [2.05, 4.69) is 6.92 Å². The number of rotatable bonds is 17. The molecular formula is C30H52FeN2O-6. The summed E-state index contributed by atoms with van der Waals surface area (Å²) < 4.78 is 0. The second-order valence-corrected chi connectivity index (χ2v) is 9.22. The van der Waals surface area contributed by atoms with Crippen molar-refractivity contribution in [2.45, 2.75) is 122 Å². The number of hydrogen-bond donors (Lipinski definition) is 2. The zero-order chi connectivity index (χ0) is 24.5. The maximum atomic E-state index is 11.2. The van der Waals surface area contributed by atoms with Crippen LogP contribution >= 0.6 is 0 Å². The predicted octanol–water partition coefficient (Wildman–Crippen LogP) is 8.26. The van der Waals surface area contributed by atoms with Crippen molar-refractivity contribution in [3.05, 3.63) is 60.7 Å². The minimum absolute atomic E-state index is 0. The van der Waals surface area contributed by atoms with Gasteiger partial charge in [0, 0.05) is 17.1 Å². The molecular weight excluding hydrogens is 460 g/mol. The molecule has 3 nitrogen and oxygen atoms in total. The van der Waals surface area contributed by atoms with Gasteiger partial charge in [0.2, 0.25) is 0 Å². The minimum atomic E-state index is -1.10. The van der Waals surface area contributed by atoms with Gasteiger partial charge < -0.3 is 41.8 Å². The van der Waals surface area contributed by atoms with Crippen molar-refractivity contribution >= 4 is 5.78 Å². The minimum Gasteiger partial charge on any atom is -0.748 e. The molecule has 0 aliphatic heterocycles. The Kier molecular flexibility index (Phi) is 27.2. The van der Waals surface area contributed by atoms with Crippen LogP contribution in [0, 0.1) is 0 Å². The number of ketones is 1. The molecule has 0 fully saturated rings. The zero-order valence-electron chi connectivity index (χ0n) is 22.0. The Hall–Kier alpha value is -1.19. The molecule has 2 rings (SSSR count). The van der Waals surface area contributed by atoms with Crippen LogP contribution in [0.3, 0.4) is 0 Å². The molecule has 0 radical (unpaired) electrons. The van der Waals surface area contributed by atoms with Gasteiger partial charge in [0.15, 0.2) is 5.78 Å². The molecule has 0 bridgehead atoms. The van der Waals surface area contributed by atoms with Gasteiger partial charge in [-0.3, -0.25) is 4.79 Å². The van der Waals surface area contributed by atoms with E-state index in [0.717, 1.165) is 12.8 Å². The van der Waals surface area contributed by atoms with E-state index in [1.54, 1.807) is 0 Å². The summed E-state index contributed by atoms with van der Waals surface area (Å²) in [5.41, 5.74) is 10.4. The third kappa shape index (κ3) is 25.4. The quantitative estimate of drug-likeness (QED) is 0.0970. The van der Waals surface area contributed by atoms with Gasteiger partial charge >= 0.3 is 0 Å². The first-order valence-electron chi connectivity index (χ1n) is 13.4. The average molecular weight is 513 g/mol. The molecule has 0 aliphatic rings. The molecule has 0 aliphatic carbocycles. The van der Waals surface area contributed by atoms with Crippen LogP contribution in [0.15, 0.2) is 60.7 Å². The summed E-state index contributed by atoms with van der Waals surface area (Å²) >= 11 is 0. The van der Waals surface area contributed by atoms with E-state index in [4.69, 9.17) is 11.5 Å². The molecule has 0 unspecified atom stereocenters. The molecule has 0 atom stereocenters. The van der Waals surface area contributed by atoms with Crippen LogP contribution in [0.5, 0.6) is 0 Å². The van der Waals surface area contributed by atoms with Gasteiger partial charge in [-0.2, -0.15) is 18.2 Å². The molecule has 202 valence electrons. The van der Waals surface area contributed by atoms with Crippen LogP contribution in [0.1, 0.15) is 117 Å². The number of Topliss-reactive ketones (excluding diaryl/α,β-unsaturated/α-hetero) is 1. The second-order valence-electron chi connectivity index (χ2n) is 9.22. The summed E-state index contributed by atoms with van der Waals surface area (Å²) in [6.07, 6.45) is 20.7. The van der Waals surface area contributed by atoms with Gasteiger partial charge in [-0.25, -0.2) is 12.1 Å². The van der Waals surface area contributed by atoms with E-state index < -0.39 is 5.66 Å². The fraction of sp³-hybridized carbons (Fsp3) is 0.633. The Balaban J connectivity index is 0. The third-order valence-corrected chi connectivity index (χ3v) is 5.96. The zero-order valence-corrected chi connectivity index (χ0v) is 23.1. The molecule has 0 aromatic heterocycles. The first-order valence-corrected chi connectivity index (χ1v) is 13.4. The van der Waals surface area contributed by atoms with E-state index >= 15 is 0 Å². The summed E-state index contributed by atoms with van der Waals surface area (Å²) in [7, 11) is 0. The summed E-state index contributed by atoms with van der Waals surface area (Å²) in [4.78, 5) is 11.2. The Morgan fingerprint density at radius 3 is 1.24 bits per heavy atom. The van der Waals surface area contributed by atoms with Gasteiger partial charge in [-0.1, -0.05) is 96.8 Å². The SMILES string of the molecule is CCCCCCCCCCCCCCCCCC(N)(N)C(C)=O.[Fe].[cH-]1[cH-][cH-][cH-][cH-]1.c1cc[cH-]c1. The van der Waals surface area contributed by atoms with Crippen LogP contribution in [-0.2, 0) is 21.9 Å². The summed E-state index contributed by atoms with van der Waals surface area (Å²) in [6.45, 7) is 3.75. The molecule has 0 spiro atoms. The molecule has 0 heterocycles. The topological polar surface area (TPSA) is 69.1 Å². The summed E-state index contributed by atoms with van der Waals surface area (Å²) in [5.74, 6) is -0.108. The van der Waals surface area contributed by atoms with Crippen molar-refractivity contribution in [3.63, 3.8) is 0 Å². The maximum Gasteiger partial charge on any atom is 0.163 e. The van der Waals surface area contributed by atoms with Crippen LogP contribution in [0.25, 0.3) is 0 Å². The van der Waals surface area contributed by atoms with Gasteiger partial charge in [0.25, 0.3) is 0 Å². The van der Waals surface area contributed by atoms with E-state index in [0.29, 0.717) is 6.42 Å². The monoisotopic (exact) mass is 512 g/mol. The van der Waals surface area contributed by atoms with Crippen molar-refractivity contribution in [1.82, 2.24) is 0 Å². The Morgan fingerprint density at radius 2 is 0.971 bits per heavy atom. The van der Waals surface area contributed by atoms with Crippen LogP contribution in [-0.4, -0.2) is 11.4 Å². The second kappa shape index (κ2) is 26.4. The Labute approximate surface area is 221 Å². The Bertz CT molecular complexity index is 533. The van der Waals surface area contributed by atoms with Gasteiger partial charge in [0.05, 0.1) is 0 Å². The van der Waals surface area contributed by atoms with Crippen molar-refractivity contribution in [3.8, 4) is 0 Å². The largest absolute Gasteiger partial charge is 0.748 e. The van der Waals surface area contributed by atoms with Crippen molar-refractivity contribution in [2.24, 2.45) is 11.5 Å². The number of carbonyl (C=O) groups excluding carboxylic acids is 1. The van der Waals surface area contributed by atoms with E-state index in [9.17, 15) is 4.79 Å². The van der Waals surface area contributed by atoms with Crippen molar-refractivity contribution < 1.29 is 21.9 Å². The number of hydrogen-bond acceptors (Lipinski definition) is 3. The smallest absolute Gasteiger partial charge is 0.163 e. The van der Waals surface area contributed by atoms with Crippen LogP contribution < -0.4 is 11.5 Å². The van der Waals surface area contributed by atoms with E-state index in [1.165, 1.54) is 90.4 Å². The number of carbonyl (C=O) groups is 1. The van der Waals surface area contributed by atoms with Crippen LogP contribution in [0.4, 0.5) is 0 Å². The third-order valence-electron chi connectivity index (χ3n) is 5.96. The number of nitrogens with two attached hydrogens (primary N) is 2. The van der Waals surface area contributed by atoms with Crippen molar-refractivity contribution in [1.29, 1.82) is 0 Å². The number of unbranched alkanes of at least 4 members (excludes halogenated alkanes) is 14. The molecule has 34 heavy (non-hydrogen) atoms. The molecule has 4 heteroatoms. The normalized spacial score (nSPS) is 10.4. The predicted molar refractivity (Wildman–Crippen MR) is 145 cm³/mol. The molecule has 0 saturated heterocycles. The standard InChI is InChI=1S/C20H42N2O.2C5H5.Fe/c1-3-4-5-6-7-8-9-10-11-12-13-14-15-16-17-18-20(21,22)19(2)23;2*1-2-4-5-3-1;/h3-18,21-22H2,1-2H3;2*1-5H;/q;-5;-1;. The first-order chi connectivity index (χ1) is 16.0. The summed E-state index contributed by atoms with van der Waals surface area (Å²) in [6, 6.07) is 20.0. The first kappa shape index (κ1) is 35.0. The van der Waals surface area contributed by atoms with Gasteiger partial charge in [-0.15, -0.1) is 0 Å². The van der Waals surface area contributed by atoms with E-state index in [-0.39, 0.29) is 22.9 Å². The fourth-order valence-corrected chi connectivity index (χ4v) is 3.61. The maximum absolute atomic E-state index is 11.2. The fourth-order valence-electron chi connectivity index (χ4n) is 3.61. The molecule has 0 amide bonds. The van der Waals surface area contributed by atoms with Gasteiger partial charge in [-0.05, 0) is 19.8 Å². The molecule has 4 N–H and O–H groups in total. The Morgan fingerprint density at radius 1 is 0.647 bits per heavy atom. The van der Waals surface area contributed by atoms with Crippen LogP contribution in [0.2, 0.25) is 0 Å². The molecule has 0 saturated carbocycles. The van der Waals surface area contributed by atoms with Gasteiger partial charge in [0.1, 0.15) is 5.66 Å². The van der Waals surface area contributed by atoms with Crippen molar-refractivity contribution in [2.75, 3.05) is 0 Å². The van der Waals surface area contributed by atoms with E-state index in [1.807, 2.05) is 60.7 Å². The molecule has 2 aromatic rings. The average Bonchev–Trinajstić information content (AvgIpc) is 3.55. The summed E-state index contributed by atoms with van der Waals surface area (Å²) in [5, 5.41) is 0.